The first-order valence-electron chi connectivity index (χ1n) is 6.88. The number of anilines is 1. The highest BCUT2D eigenvalue weighted by Gasteiger charge is 2.12. The summed E-state index contributed by atoms with van der Waals surface area (Å²) in [4.78, 5) is 28.2. The molecule has 0 aliphatic heterocycles. The van der Waals surface area contributed by atoms with Crippen molar-refractivity contribution in [2.24, 2.45) is 0 Å². The number of aromatic nitrogens is 1. The van der Waals surface area contributed by atoms with Gasteiger partial charge in [0.1, 0.15) is 0 Å². The van der Waals surface area contributed by atoms with Crippen molar-refractivity contribution in [3.63, 3.8) is 0 Å². The minimum atomic E-state index is -0.407. The molecule has 0 radical (unpaired) electrons. The fourth-order valence-electron chi connectivity index (χ4n) is 1.86. The van der Waals surface area contributed by atoms with E-state index < -0.39 is 5.91 Å². The van der Waals surface area contributed by atoms with Crippen LogP contribution in [0.15, 0.2) is 36.7 Å². The highest BCUT2D eigenvalue weighted by Crippen LogP contribution is 2.22. The molecule has 7 heteroatoms. The lowest BCUT2D eigenvalue weighted by Gasteiger charge is -2.09. The largest absolute Gasteiger partial charge is 0.350 e. The van der Waals surface area contributed by atoms with Crippen LogP contribution in [0.1, 0.15) is 34.6 Å². The third kappa shape index (κ3) is 4.94. The van der Waals surface area contributed by atoms with Crippen LogP contribution >= 0.6 is 23.2 Å². The Bertz CT molecular complexity index is 728. The summed E-state index contributed by atoms with van der Waals surface area (Å²) in [5.41, 5.74) is 1.04. The van der Waals surface area contributed by atoms with Crippen LogP contribution in [0.25, 0.3) is 0 Å². The van der Waals surface area contributed by atoms with Crippen LogP contribution in [0.3, 0.4) is 0 Å². The van der Waals surface area contributed by atoms with Gasteiger partial charge in [-0.1, -0.05) is 23.2 Å². The summed E-state index contributed by atoms with van der Waals surface area (Å²) in [6, 6.07) is 6.19. The van der Waals surface area contributed by atoms with Gasteiger partial charge in [-0.3, -0.25) is 14.6 Å². The number of benzene rings is 1. The quantitative estimate of drug-likeness (QED) is 0.880. The van der Waals surface area contributed by atoms with Gasteiger partial charge in [0.25, 0.3) is 11.8 Å². The first-order valence-corrected chi connectivity index (χ1v) is 7.64. The summed E-state index contributed by atoms with van der Waals surface area (Å²) in [6.07, 6.45) is 2.79. The maximum Gasteiger partial charge on any atom is 0.257 e. The van der Waals surface area contributed by atoms with Crippen molar-refractivity contribution in [2.75, 3.05) is 5.32 Å². The van der Waals surface area contributed by atoms with Crippen molar-refractivity contribution in [3.05, 3.63) is 57.8 Å². The molecule has 2 rings (SSSR count). The molecule has 23 heavy (non-hydrogen) atoms. The maximum atomic E-state index is 12.3. The minimum Gasteiger partial charge on any atom is -0.350 e. The highest BCUT2D eigenvalue weighted by molar-refractivity contribution is 6.35. The molecule has 0 fully saturated rings. The van der Waals surface area contributed by atoms with Gasteiger partial charge in [0, 0.05) is 34.2 Å². The molecule has 0 atom stereocenters. The number of carbonyl (C=O) groups excluding carboxylic acids is 2. The normalized spacial score (nSPS) is 10.5. The smallest absolute Gasteiger partial charge is 0.257 e. The van der Waals surface area contributed by atoms with Gasteiger partial charge < -0.3 is 10.6 Å². The van der Waals surface area contributed by atoms with E-state index in [1.807, 2.05) is 13.8 Å². The van der Waals surface area contributed by atoms with Gasteiger partial charge >= 0.3 is 0 Å². The number of hydrogen-bond acceptors (Lipinski definition) is 3. The summed E-state index contributed by atoms with van der Waals surface area (Å²) in [5, 5.41) is 6.24. The predicted molar refractivity (Wildman–Crippen MR) is 91.3 cm³/mol. The third-order valence-corrected chi connectivity index (χ3v) is 3.24. The van der Waals surface area contributed by atoms with E-state index >= 15 is 0 Å². The Labute approximate surface area is 144 Å². The number of nitrogens with zero attached hydrogens (tertiary/aromatic N) is 1. The summed E-state index contributed by atoms with van der Waals surface area (Å²) >= 11 is 11.8. The van der Waals surface area contributed by atoms with E-state index in [-0.39, 0.29) is 17.5 Å². The van der Waals surface area contributed by atoms with Crippen LogP contribution in [-0.2, 0) is 0 Å². The van der Waals surface area contributed by atoms with Gasteiger partial charge in [-0.25, -0.2) is 0 Å². The van der Waals surface area contributed by atoms with E-state index in [0.29, 0.717) is 21.3 Å². The first-order chi connectivity index (χ1) is 10.8. The molecular weight excluding hydrogens is 337 g/mol. The Hall–Kier alpha value is -2.11. The van der Waals surface area contributed by atoms with Crippen LogP contribution in [0, 0.1) is 0 Å². The molecule has 0 unspecified atom stereocenters. The molecule has 0 aliphatic rings. The lowest BCUT2D eigenvalue weighted by molar-refractivity contribution is 0.0942. The van der Waals surface area contributed by atoms with Crippen molar-refractivity contribution in [1.29, 1.82) is 0 Å². The average Bonchev–Trinajstić information content (AvgIpc) is 2.45. The van der Waals surface area contributed by atoms with E-state index in [0.717, 1.165) is 0 Å². The molecule has 2 N–H and O–H groups in total. The number of pyridine rings is 1. The molecule has 1 aromatic heterocycles. The lowest BCUT2D eigenvalue weighted by Crippen LogP contribution is -2.30. The molecule has 0 saturated carbocycles. The second-order valence-electron chi connectivity index (χ2n) is 5.20. The highest BCUT2D eigenvalue weighted by atomic mass is 35.5. The van der Waals surface area contributed by atoms with Gasteiger partial charge in [0.2, 0.25) is 0 Å². The molecular formula is C16H15Cl2N3O2. The van der Waals surface area contributed by atoms with Crippen LogP contribution in [0.5, 0.6) is 0 Å². The summed E-state index contributed by atoms with van der Waals surface area (Å²) in [7, 11) is 0. The average molecular weight is 352 g/mol. The molecule has 120 valence electrons. The number of rotatable bonds is 4. The maximum absolute atomic E-state index is 12.3. The molecule has 0 spiro atoms. The van der Waals surface area contributed by atoms with Gasteiger partial charge in [-0.15, -0.1) is 0 Å². The molecule has 0 bridgehead atoms. The molecule has 2 amide bonds. The Kier molecular flexibility index (Phi) is 5.58. The van der Waals surface area contributed by atoms with Crippen molar-refractivity contribution in [2.45, 2.75) is 19.9 Å². The second-order valence-corrected chi connectivity index (χ2v) is 6.08. The standard InChI is InChI=1S/C16H15Cl2N3O2/c1-9(2)20-15(22)10-3-11(8-19-7-10)16(23)21-14-5-12(17)4-13(18)6-14/h3-9H,1-2H3,(H,20,22)(H,21,23). The van der Waals surface area contributed by atoms with Gasteiger partial charge in [-0.05, 0) is 38.1 Å². The van der Waals surface area contributed by atoms with E-state index in [4.69, 9.17) is 23.2 Å². The predicted octanol–water partition coefficient (Wildman–Crippen LogP) is 3.78. The summed E-state index contributed by atoms with van der Waals surface area (Å²) in [5.74, 6) is -0.692. The lowest BCUT2D eigenvalue weighted by atomic mass is 10.1. The fraction of sp³-hybridized carbons (Fsp3) is 0.188. The number of carbonyl (C=O) groups is 2. The number of nitrogens with one attached hydrogen (secondary N) is 2. The summed E-state index contributed by atoms with van der Waals surface area (Å²) < 4.78 is 0. The molecule has 2 aromatic rings. The zero-order chi connectivity index (χ0) is 17.0. The minimum absolute atomic E-state index is 0.00594. The van der Waals surface area contributed by atoms with E-state index in [2.05, 4.69) is 15.6 Å². The topological polar surface area (TPSA) is 71.1 Å². The molecule has 1 heterocycles. The first kappa shape index (κ1) is 17.2. The number of halogens is 2. The number of hydrogen-bond donors (Lipinski definition) is 2. The zero-order valence-corrected chi connectivity index (χ0v) is 14.1. The second kappa shape index (κ2) is 7.44. The Balaban J connectivity index is 2.18. The zero-order valence-electron chi connectivity index (χ0n) is 12.6. The van der Waals surface area contributed by atoms with Crippen LogP contribution < -0.4 is 10.6 Å². The SMILES string of the molecule is CC(C)NC(=O)c1cncc(C(=O)Nc2cc(Cl)cc(Cl)c2)c1. The fourth-order valence-corrected chi connectivity index (χ4v) is 2.39. The van der Waals surface area contributed by atoms with Crippen LogP contribution in [-0.4, -0.2) is 22.8 Å². The Morgan fingerprint density at radius 3 is 2.09 bits per heavy atom. The van der Waals surface area contributed by atoms with Gasteiger partial charge in [0.05, 0.1) is 11.1 Å². The van der Waals surface area contributed by atoms with Crippen LogP contribution in [0.2, 0.25) is 10.0 Å². The van der Waals surface area contributed by atoms with Crippen molar-refractivity contribution >= 4 is 40.7 Å². The van der Waals surface area contributed by atoms with Gasteiger partial charge in [0.15, 0.2) is 0 Å². The van der Waals surface area contributed by atoms with Crippen LogP contribution in [0.4, 0.5) is 5.69 Å². The Morgan fingerprint density at radius 1 is 0.957 bits per heavy atom. The molecule has 1 aromatic carbocycles. The van der Waals surface area contributed by atoms with Crippen molar-refractivity contribution in [3.8, 4) is 0 Å². The Morgan fingerprint density at radius 2 is 1.52 bits per heavy atom. The number of amides is 2. The third-order valence-electron chi connectivity index (χ3n) is 2.80. The molecule has 5 nitrogen and oxygen atoms in total. The molecule has 0 aliphatic carbocycles. The van der Waals surface area contributed by atoms with Gasteiger partial charge in [-0.2, -0.15) is 0 Å². The van der Waals surface area contributed by atoms with Crippen molar-refractivity contribution in [1.82, 2.24) is 10.3 Å². The van der Waals surface area contributed by atoms with E-state index in [1.165, 1.54) is 18.5 Å². The van der Waals surface area contributed by atoms with E-state index in [9.17, 15) is 9.59 Å². The monoisotopic (exact) mass is 351 g/mol. The molecule has 0 saturated heterocycles. The summed E-state index contributed by atoms with van der Waals surface area (Å²) in [6.45, 7) is 3.70. The van der Waals surface area contributed by atoms with Crippen molar-refractivity contribution < 1.29 is 9.59 Å². The van der Waals surface area contributed by atoms with E-state index in [1.54, 1.807) is 18.2 Å².